The Labute approximate surface area is 107 Å². The molecule has 18 heavy (non-hydrogen) atoms. The third kappa shape index (κ3) is 6.81. The highest BCUT2D eigenvalue weighted by atomic mass is 16.6. The molecule has 0 N–H and O–H groups in total. The lowest BCUT2D eigenvalue weighted by molar-refractivity contribution is -0.149. The fourth-order valence-corrected chi connectivity index (χ4v) is 1.46. The Hall–Kier alpha value is -1.68. The summed E-state index contributed by atoms with van der Waals surface area (Å²) in [7, 11) is 0. The van der Waals surface area contributed by atoms with E-state index in [0.29, 0.717) is 19.4 Å². The number of benzene rings is 1. The predicted octanol–water partition coefficient (Wildman–Crippen LogP) is 1.98. The first-order chi connectivity index (χ1) is 8.68. The average molecular weight is 250 g/mol. The molecule has 98 valence electrons. The van der Waals surface area contributed by atoms with Crippen molar-refractivity contribution in [2.45, 2.75) is 25.9 Å². The lowest BCUT2D eigenvalue weighted by Crippen LogP contribution is -2.30. The van der Waals surface area contributed by atoms with Crippen LogP contribution in [0.15, 0.2) is 36.4 Å². The first-order valence-electron chi connectivity index (χ1n) is 5.95. The maximum absolute atomic E-state index is 10.9. The van der Waals surface area contributed by atoms with Crippen LogP contribution in [0.25, 0.3) is 0 Å². The molecule has 1 saturated heterocycles. The van der Waals surface area contributed by atoms with E-state index in [4.69, 9.17) is 9.47 Å². The third-order valence-electron chi connectivity index (χ3n) is 2.33. The van der Waals surface area contributed by atoms with Crippen molar-refractivity contribution in [1.29, 1.82) is 0 Å². The van der Waals surface area contributed by atoms with Crippen LogP contribution in [-0.4, -0.2) is 31.1 Å². The van der Waals surface area contributed by atoms with Crippen molar-refractivity contribution < 1.29 is 19.1 Å². The fourth-order valence-electron chi connectivity index (χ4n) is 1.46. The highest BCUT2D eigenvalue weighted by Crippen LogP contribution is 2.09. The minimum absolute atomic E-state index is 0.179. The van der Waals surface area contributed by atoms with E-state index in [1.54, 1.807) is 0 Å². The van der Waals surface area contributed by atoms with Gasteiger partial charge in [0.15, 0.2) is 0 Å². The van der Waals surface area contributed by atoms with Crippen molar-refractivity contribution in [2.24, 2.45) is 0 Å². The number of Topliss-reactive ketones (excluding diaryl/α,β-unsaturated/α-hetero) is 1. The van der Waals surface area contributed by atoms with E-state index in [2.05, 4.69) is 0 Å². The Morgan fingerprint density at radius 1 is 1.28 bits per heavy atom. The Balaban J connectivity index is 0.000000225. The normalized spacial score (nSPS) is 18.5. The zero-order valence-electron chi connectivity index (χ0n) is 10.5. The van der Waals surface area contributed by atoms with E-state index >= 15 is 0 Å². The molecule has 4 nitrogen and oxygen atoms in total. The molecular weight excluding hydrogens is 232 g/mol. The molecule has 1 aromatic rings. The minimum atomic E-state index is -0.336. The van der Waals surface area contributed by atoms with E-state index in [1.165, 1.54) is 6.92 Å². The van der Waals surface area contributed by atoms with Crippen LogP contribution in [0.1, 0.15) is 19.8 Å². The molecule has 4 heteroatoms. The Bertz CT molecular complexity index is 335. The van der Waals surface area contributed by atoms with Gasteiger partial charge in [0.2, 0.25) is 0 Å². The second-order valence-electron chi connectivity index (χ2n) is 3.94. The molecule has 2 rings (SSSR count). The number of hydrogen-bond acceptors (Lipinski definition) is 4. The van der Waals surface area contributed by atoms with Crippen molar-refractivity contribution in [3.8, 4) is 0 Å². The van der Waals surface area contributed by atoms with Crippen LogP contribution in [0, 0.1) is 0 Å². The minimum Gasteiger partial charge on any atom is -0.463 e. The van der Waals surface area contributed by atoms with Crippen LogP contribution >= 0.6 is 0 Å². The van der Waals surface area contributed by atoms with Gasteiger partial charge in [-0.2, -0.15) is 0 Å². The van der Waals surface area contributed by atoms with Gasteiger partial charge in [0.05, 0.1) is 12.7 Å². The molecule has 0 aliphatic carbocycles. The van der Waals surface area contributed by atoms with Crippen molar-refractivity contribution in [3.63, 3.8) is 0 Å². The molecule has 1 fully saturated rings. The van der Waals surface area contributed by atoms with Gasteiger partial charge in [0.25, 0.3) is 0 Å². The Morgan fingerprint density at radius 3 is 2.28 bits per heavy atom. The van der Waals surface area contributed by atoms with Crippen LogP contribution in [0.2, 0.25) is 0 Å². The first-order valence-corrected chi connectivity index (χ1v) is 5.95. The van der Waals surface area contributed by atoms with Crippen molar-refractivity contribution in [1.82, 2.24) is 0 Å². The number of hydrogen-bond donors (Lipinski definition) is 0. The summed E-state index contributed by atoms with van der Waals surface area (Å²) >= 11 is 0. The molecule has 1 unspecified atom stereocenters. The number of rotatable bonds is 2. The van der Waals surface area contributed by atoms with Crippen LogP contribution in [0.4, 0.5) is 0 Å². The number of ether oxygens (including phenoxy) is 2. The largest absolute Gasteiger partial charge is 0.463 e. The van der Waals surface area contributed by atoms with Crippen molar-refractivity contribution in [3.05, 3.63) is 36.4 Å². The van der Waals surface area contributed by atoms with Crippen LogP contribution in [0.5, 0.6) is 0 Å². The summed E-state index contributed by atoms with van der Waals surface area (Å²) in [5.41, 5.74) is 0. The van der Waals surface area contributed by atoms with Gasteiger partial charge < -0.3 is 9.47 Å². The molecular formula is C14H18O4. The molecule has 1 aromatic carbocycles. The van der Waals surface area contributed by atoms with E-state index in [0.717, 1.165) is 0 Å². The lowest BCUT2D eigenvalue weighted by atomic mass is 10.1. The maximum Gasteiger partial charge on any atom is 0.302 e. The van der Waals surface area contributed by atoms with Gasteiger partial charge in [-0.25, -0.2) is 0 Å². The van der Waals surface area contributed by atoms with Gasteiger partial charge in [0.1, 0.15) is 12.4 Å². The fraction of sp³-hybridized carbons (Fsp3) is 0.429. The summed E-state index contributed by atoms with van der Waals surface area (Å²) in [4.78, 5) is 21.3. The average Bonchev–Trinajstić information content (AvgIpc) is 2.39. The zero-order valence-corrected chi connectivity index (χ0v) is 10.5. The third-order valence-corrected chi connectivity index (χ3v) is 2.33. The number of carbonyl (C=O) groups excluding carboxylic acids is 2. The van der Waals surface area contributed by atoms with Gasteiger partial charge in [-0.1, -0.05) is 36.4 Å². The van der Waals surface area contributed by atoms with Gasteiger partial charge in [0, 0.05) is 19.8 Å². The van der Waals surface area contributed by atoms with Gasteiger partial charge in [-0.15, -0.1) is 0 Å². The molecule has 0 saturated carbocycles. The number of esters is 1. The molecule has 1 heterocycles. The number of ketones is 1. The zero-order chi connectivity index (χ0) is 13.2. The van der Waals surface area contributed by atoms with Gasteiger partial charge in [-0.3, -0.25) is 9.59 Å². The van der Waals surface area contributed by atoms with E-state index in [1.807, 2.05) is 36.4 Å². The second kappa shape index (κ2) is 8.42. The number of carbonyl (C=O) groups is 2. The smallest absolute Gasteiger partial charge is 0.302 e. The van der Waals surface area contributed by atoms with Gasteiger partial charge >= 0.3 is 5.97 Å². The highest BCUT2D eigenvalue weighted by molar-refractivity contribution is 5.79. The van der Waals surface area contributed by atoms with Crippen LogP contribution in [0.3, 0.4) is 0 Å². The summed E-state index contributed by atoms with van der Waals surface area (Å²) in [6, 6.07) is 12.0. The Morgan fingerprint density at radius 2 is 1.83 bits per heavy atom. The molecule has 0 amide bonds. The molecule has 0 bridgehead atoms. The molecule has 0 spiro atoms. The van der Waals surface area contributed by atoms with Crippen molar-refractivity contribution in [2.75, 3.05) is 13.2 Å². The van der Waals surface area contributed by atoms with Crippen LogP contribution < -0.4 is 0 Å². The highest BCUT2D eigenvalue weighted by Gasteiger charge is 2.20. The Kier molecular flexibility index (Phi) is 6.72. The summed E-state index contributed by atoms with van der Waals surface area (Å²) in [6.45, 7) is 1.98. The summed E-state index contributed by atoms with van der Waals surface area (Å²) in [6.07, 6.45) is 0.624. The molecule has 1 atom stereocenters. The van der Waals surface area contributed by atoms with E-state index in [9.17, 15) is 9.59 Å². The second-order valence-corrected chi connectivity index (χ2v) is 3.94. The van der Waals surface area contributed by atoms with Crippen molar-refractivity contribution >= 4 is 11.8 Å². The van der Waals surface area contributed by atoms with Gasteiger partial charge in [-0.05, 0) is 0 Å². The predicted molar refractivity (Wildman–Crippen MR) is 67.1 cm³/mol. The molecule has 0 aromatic heterocycles. The van der Waals surface area contributed by atoms with E-state index < -0.39 is 0 Å². The molecule has 0 radical (unpaired) electrons. The monoisotopic (exact) mass is 250 g/mol. The lowest BCUT2D eigenvalue weighted by Gasteiger charge is -2.20. The molecule has 1 aliphatic heterocycles. The molecule has 1 aliphatic rings. The summed E-state index contributed by atoms with van der Waals surface area (Å²) in [5, 5.41) is 0. The topological polar surface area (TPSA) is 52.6 Å². The maximum atomic E-state index is 10.9. The SMILES string of the molecule is CC(=O)OCC1CC(=O)CCO1.c1ccccc1. The van der Waals surface area contributed by atoms with Crippen LogP contribution in [-0.2, 0) is 19.1 Å². The summed E-state index contributed by atoms with van der Waals surface area (Å²) < 4.78 is 9.91. The summed E-state index contributed by atoms with van der Waals surface area (Å²) in [5.74, 6) is -0.157. The quantitative estimate of drug-likeness (QED) is 0.753. The first kappa shape index (κ1) is 14.4. The standard InChI is InChI=1S/C8H12O4.C6H6/c1-6(9)12-5-8-4-7(10)2-3-11-8;1-2-4-6-5-3-1/h8H,2-5H2,1H3;1-6H. The van der Waals surface area contributed by atoms with E-state index in [-0.39, 0.29) is 24.5 Å².